The third kappa shape index (κ3) is 2.66. The van der Waals surface area contributed by atoms with Gasteiger partial charge in [0.1, 0.15) is 0 Å². The van der Waals surface area contributed by atoms with Crippen molar-refractivity contribution in [3.8, 4) is 5.69 Å². The Hall–Kier alpha value is -2.47. The van der Waals surface area contributed by atoms with E-state index >= 15 is 0 Å². The van der Waals surface area contributed by atoms with Crippen LogP contribution in [0, 0.1) is 0 Å². The number of thiophene rings is 1. The molecule has 3 aromatic rings. The molecule has 0 aromatic carbocycles. The molecule has 1 amide bonds. The fourth-order valence-electron chi connectivity index (χ4n) is 3.05. The quantitative estimate of drug-likeness (QED) is 0.805. The minimum absolute atomic E-state index is 0.00508. The molecule has 1 N–H and O–H groups in total. The smallest absolute Gasteiger partial charge is 0.261 e. The average Bonchev–Trinajstić information content (AvgIpc) is 3.26. The summed E-state index contributed by atoms with van der Waals surface area (Å²) in [5.41, 5.74) is 3.31. The van der Waals surface area contributed by atoms with E-state index in [0.717, 1.165) is 35.4 Å². The van der Waals surface area contributed by atoms with Crippen molar-refractivity contribution in [1.82, 2.24) is 20.1 Å². The van der Waals surface area contributed by atoms with E-state index in [0.29, 0.717) is 0 Å². The zero-order valence-electron chi connectivity index (χ0n) is 12.5. The number of amides is 1. The predicted octanol–water partition coefficient (Wildman–Crippen LogP) is 3.14. The monoisotopic (exact) mass is 324 g/mol. The van der Waals surface area contributed by atoms with Crippen LogP contribution in [0.1, 0.15) is 39.8 Å². The maximum absolute atomic E-state index is 12.3. The number of hydrogen-bond acceptors (Lipinski definition) is 4. The molecule has 0 unspecified atom stereocenters. The van der Waals surface area contributed by atoms with Crippen LogP contribution in [0.25, 0.3) is 5.69 Å². The fraction of sp³-hybridized carbons (Fsp3) is 0.235. The Morgan fingerprint density at radius 3 is 2.96 bits per heavy atom. The molecule has 116 valence electrons. The standard InChI is InChI=1S/C17H16N4OS/c22-17(16-5-2-10-23-16)20-14-3-1-4-15-13(14)11-19-21(15)12-6-8-18-9-7-12/h2,5-11,14H,1,3-4H2,(H,20,22)/t14-/m0/s1. The first-order valence-electron chi connectivity index (χ1n) is 7.64. The average molecular weight is 324 g/mol. The molecular weight excluding hydrogens is 308 g/mol. The molecule has 0 spiro atoms. The van der Waals surface area contributed by atoms with Gasteiger partial charge in [-0.05, 0) is 42.8 Å². The van der Waals surface area contributed by atoms with Gasteiger partial charge in [-0.15, -0.1) is 11.3 Å². The molecule has 3 heterocycles. The van der Waals surface area contributed by atoms with Crippen LogP contribution < -0.4 is 5.32 Å². The van der Waals surface area contributed by atoms with Gasteiger partial charge in [-0.25, -0.2) is 4.68 Å². The van der Waals surface area contributed by atoms with Crippen molar-refractivity contribution < 1.29 is 4.79 Å². The summed E-state index contributed by atoms with van der Waals surface area (Å²) in [5, 5.41) is 9.60. The number of fused-ring (bicyclic) bond motifs is 1. The van der Waals surface area contributed by atoms with Gasteiger partial charge in [0.2, 0.25) is 0 Å². The summed E-state index contributed by atoms with van der Waals surface area (Å²) in [6.07, 6.45) is 8.38. The van der Waals surface area contributed by atoms with Crippen LogP contribution in [-0.2, 0) is 6.42 Å². The zero-order valence-corrected chi connectivity index (χ0v) is 13.3. The van der Waals surface area contributed by atoms with Crippen molar-refractivity contribution in [2.75, 3.05) is 0 Å². The number of carbonyl (C=O) groups excluding carboxylic acids is 1. The third-order valence-corrected chi connectivity index (χ3v) is 5.01. The molecule has 1 aliphatic rings. The van der Waals surface area contributed by atoms with Crippen molar-refractivity contribution in [1.29, 1.82) is 0 Å². The summed E-state index contributed by atoms with van der Waals surface area (Å²) in [6, 6.07) is 7.67. The molecule has 1 atom stereocenters. The summed E-state index contributed by atoms with van der Waals surface area (Å²) in [7, 11) is 0. The van der Waals surface area contributed by atoms with Crippen LogP contribution in [0.3, 0.4) is 0 Å². The number of rotatable bonds is 3. The van der Waals surface area contributed by atoms with Gasteiger partial charge in [-0.2, -0.15) is 5.10 Å². The molecule has 0 saturated heterocycles. The van der Waals surface area contributed by atoms with E-state index in [4.69, 9.17) is 0 Å². The van der Waals surface area contributed by atoms with E-state index in [1.807, 2.05) is 40.5 Å². The summed E-state index contributed by atoms with van der Waals surface area (Å²) in [4.78, 5) is 17.1. The normalized spacial score (nSPS) is 16.8. The van der Waals surface area contributed by atoms with E-state index < -0.39 is 0 Å². The molecule has 0 radical (unpaired) electrons. The van der Waals surface area contributed by atoms with Gasteiger partial charge >= 0.3 is 0 Å². The lowest BCUT2D eigenvalue weighted by molar-refractivity contribution is 0.0937. The minimum atomic E-state index is -0.00508. The summed E-state index contributed by atoms with van der Waals surface area (Å²) in [6.45, 7) is 0. The number of carbonyl (C=O) groups is 1. The fourth-order valence-corrected chi connectivity index (χ4v) is 3.68. The molecule has 1 aliphatic carbocycles. The Morgan fingerprint density at radius 1 is 1.30 bits per heavy atom. The largest absolute Gasteiger partial charge is 0.344 e. The van der Waals surface area contributed by atoms with Crippen molar-refractivity contribution in [2.24, 2.45) is 0 Å². The van der Waals surface area contributed by atoms with E-state index in [2.05, 4.69) is 15.4 Å². The zero-order chi connectivity index (χ0) is 15.6. The van der Waals surface area contributed by atoms with Crippen LogP contribution in [-0.4, -0.2) is 20.7 Å². The lowest BCUT2D eigenvalue weighted by atomic mass is 9.93. The highest BCUT2D eigenvalue weighted by molar-refractivity contribution is 7.12. The first-order valence-corrected chi connectivity index (χ1v) is 8.52. The molecule has 23 heavy (non-hydrogen) atoms. The number of nitrogens with zero attached hydrogens (tertiary/aromatic N) is 3. The van der Waals surface area contributed by atoms with Crippen LogP contribution >= 0.6 is 11.3 Å². The van der Waals surface area contributed by atoms with E-state index in [1.54, 1.807) is 12.4 Å². The Labute approximate surface area is 138 Å². The topological polar surface area (TPSA) is 59.8 Å². The number of pyridine rings is 1. The van der Waals surface area contributed by atoms with E-state index in [9.17, 15) is 4.79 Å². The molecule has 5 nitrogen and oxygen atoms in total. The number of aromatic nitrogens is 3. The maximum Gasteiger partial charge on any atom is 0.261 e. The highest BCUT2D eigenvalue weighted by Gasteiger charge is 2.26. The Morgan fingerprint density at radius 2 is 2.17 bits per heavy atom. The number of nitrogens with one attached hydrogen (secondary N) is 1. The van der Waals surface area contributed by atoms with Gasteiger partial charge < -0.3 is 5.32 Å². The van der Waals surface area contributed by atoms with Gasteiger partial charge in [-0.1, -0.05) is 6.07 Å². The highest BCUT2D eigenvalue weighted by atomic mass is 32.1. The van der Waals surface area contributed by atoms with Crippen molar-refractivity contribution in [3.05, 3.63) is 64.4 Å². The Bertz CT molecular complexity index is 811. The first-order chi connectivity index (χ1) is 11.3. The summed E-state index contributed by atoms with van der Waals surface area (Å²) < 4.78 is 1.96. The lowest BCUT2D eigenvalue weighted by Crippen LogP contribution is -2.30. The second kappa shape index (κ2) is 5.96. The molecule has 0 fully saturated rings. The molecule has 0 aliphatic heterocycles. The molecular formula is C17H16N4OS. The van der Waals surface area contributed by atoms with Crippen molar-refractivity contribution >= 4 is 17.2 Å². The molecule has 6 heteroatoms. The second-order valence-electron chi connectivity index (χ2n) is 5.56. The van der Waals surface area contributed by atoms with Gasteiger partial charge in [-0.3, -0.25) is 9.78 Å². The second-order valence-corrected chi connectivity index (χ2v) is 6.51. The first kappa shape index (κ1) is 14.1. The van der Waals surface area contributed by atoms with Crippen LogP contribution in [0.15, 0.2) is 48.2 Å². The highest BCUT2D eigenvalue weighted by Crippen LogP contribution is 2.31. The van der Waals surface area contributed by atoms with Gasteiger partial charge in [0, 0.05) is 23.7 Å². The predicted molar refractivity (Wildman–Crippen MR) is 88.8 cm³/mol. The van der Waals surface area contributed by atoms with E-state index in [1.165, 1.54) is 17.0 Å². The summed E-state index contributed by atoms with van der Waals surface area (Å²) in [5.74, 6) is -0.00508. The van der Waals surface area contributed by atoms with E-state index in [-0.39, 0.29) is 11.9 Å². The molecule has 0 bridgehead atoms. The van der Waals surface area contributed by atoms with Gasteiger partial charge in [0.25, 0.3) is 5.91 Å². The summed E-state index contributed by atoms with van der Waals surface area (Å²) >= 11 is 1.46. The van der Waals surface area contributed by atoms with Crippen LogP contribution in [0.2, 0.25) is 0 Å². The molecule has 0 saturated carbocycles. The Kier molecular flexibility index (Phi) is 3.67. The lowest BCUT2D eigenvalue weighted by Gasteiger charge is -2.24. The van der Waals surface area contributed by atoms with Crippen LogP contribution in [0.4, 0.5) is 0 Å². The Balaban J connectivity index is 1.62. The van der Waals surface area contributed by atoms with Crippen molar-refractivity contribution in [2.45, 2.75) is 25.3 Å². The van der Waals surface area contributed by atoms with Crippen LogP contribution in [0.5, 0.6) is 0 Å². The maximum atomic E-state index is 12.3. The van der Waals surface area contributed by atoms with Crippen molar-refractivity contribution in [3.63, 3.8) is 0 Å². The minimum Gasteiger partial charge on any atom is -0.344 e. The molecule has 3 aromatic heterocycles. The SMILES string of the molecule is O=C(N[C@H]1CCCc2c1cnn2-c1ccncc1)c1cccs1. The van der Waals surface area contributed by atoms with Gasteiger partial charge in [0.05, 0.1) is 22.8 Å². The molecule has 4 rings (SSSR count). The van der Waals surface area contributed by atoms with Gasteiger partial charge in [0.15, 0.2) is 0 Å². The third-order valence-electron chi connectivity index (χ3n) is 4.14. The number of hydrogen-bond donors (Lipinski definition) is 1.